The lowest BCUT2D eigenvalue weighted by molar-refractivity contribution is -0.265. The molecule has 0 spiro atoms. The van der Waals surface area contributed by atoms with Crippen molar-refractivity contribution in [1.29, 1.82) is 0 Å². The average Bonchev–Trinajstić information content (AvgIpc) is 1.59. The topological polar surface area (TPSA) is 429 Å². The second kappa shape index (κ2) is 50.2. The number of nitrogen functional groups attached to an aromatic ring is 2. The number of piperidine rings is 1. The zero-order valence-corrected chi connectivity index (χ0v) is 74.8. The van der Waals surface area contributed by atoms with Gasteiger partial charge in [0.05, 0.1) is 129 Å². The van der Waals surface area contributed by atoms with Gasteiger partial charge < -0.3 is 108 Å². The van der Waals surface area contributed by atoms with Crippen molar-refractivity contribution < 1.29 is 115 Å². The van der Waals surface area contributed by atoms with Gasteiger partial charge in [-0.3, -0.25) is 24.0 Å². The first kappa shape index (κ1) is 99.3. The number of nitrogens with two attached hydrogens (primary N) is 2. The first-order chi connectivity index (χ1) is 60.8. The van der Waals surface area contributed by atoms with Crippen LogP contribution in [0.5, 0.6) is 0 Å². The van der Waals surface area contributed by atoms with Crippen LogP contribution < -0.4 is 16.8 Å². The Labute approximate surface area is 737 Å². The van der Waals surface area contributed by atoms with Gasteiger partial charge >= 0.3 is 12.1 Å². The molecule has 3 fully saturated rings. The smallest absolute Gasteiger partial charge is 0.407 e. The minimum absolute atomic E-state index is 0.0195. The number of methoxy groups -OCH3 is 3. The van der Waals surface area contributed by atoms with E-state index in [2.05, 4.69) is 32.4 Å². The molecule has 694 valence electrons. The first-order valence-corrected chi connectivity index (χ1v) is 44.3. The van der Waals surface area contributed by atoms with Gasteiger partial charge in [-0.2, -0.15) is 10.1 Å². The highest BCUT2D eigenvalue weighted by molar-refractivity contribution is 6.39. The summed E-state index contributed by atoms with van der Waals surface area (Å²) in [5.74, 6) is -8.44. The number of anilines is 2. The number of esters is 1. The highest BCUT2D eigenvalue weighted by Gasteiger charge is 2.53. The molecule has 34 nitrogen and oxygen atoms in total. The molecule has 3 amide bonds. The Hall–Kier alpha value is -8.85. The van der Waals surface area contributed by atoms with Gasteiger partial charge in [0.1, 0.15) is 66.2 Å². The number of benzene rings is 2. The maximum absolute atomic E-state index is 14.8. The average molecular weight is 1760 g/mol. The summed E-state index contributed by atoms with van der Waals surface area (Å²) in [6.07, 6.45) is 11.4. The summed E-state index contributed by atoms with van der Waals surface area (Å²) in [7, 11) is 4.49. The van der Waals surface area contributed by atoms with Crippen molar-refractivity contribution in [3.8, 4) is 11.3 Å². The van der Waals surface area contributed by atoms with E-state index in [4.69, 9.17) is 87.3 Å². The molecule has 2 saturated heterocycles. The molecule has 7 N–H and O–H groups in total. The summed E-state index contributed by atoms with van der Waals surface area (Å²) in [6.45, 7) is 19.5. The third kappa shape index (κ3) is 28.6. The van der Waals surface area contributed by atoms with Gasteiger partial charge in [0, 0.05) is 83.7 Å². The number of aromatic nitrogens is 5. The molecule has 2 bridgehead atoms. The molecule has 5 aromatic rings. The van der Waals surface area contributed by atoms with Crippen molar-refractivity contribution in [2.45, 2.75) is 200 Å². The third-order valence-corrected chi connectivity index (χ3v) is 24.3. The van der Waals surface area contributed by atoms with E-state index in [0.29, 0.717) is 209 Å². The highest BCUT2D eigenvalue weighted by atomic mass is 16.6. The molecular weight excluding hydrogens is 1630 g/mol. The monoisotopic (exact) mass is 1760 g/mol. The van der Waals surface area contributed by atoms with Crippen molar-refractivity contribution in [2.24, 2.45) is 35.5 Å². The Bertz CT molecular complexity index is 4490. The molecule has 1 saturated carbocycles. The standard InChI is InChI=1S/C92H132N10O24/c1-58-16-12-11-13-17-59(2)76(112-8)52-70-24-19-64(7)92(111,126-70)85(107)88(108)101-29-15-14-18-72(101)89(109)123-77(53-73(103)60(3)47-63(6)83(106)84(114-10)82(105)62(5)46-58)61(4)48-65-21-25-75(78(50-65)113-9)125-91(110)95-28-31-115-32-33-116-34-35-117-36-37-118-38-39-119-40-41-120-42-43-121-44-45-122-56-79(104)100-30-27-67-49-66(20-22-69(67)55-100)54-102-87-80(86(93)96-57-97-87)81(99-102)68-23-26-74-71(51-68)98-90(94)124-74/h11-13,16-17,20,22-23,26,47,49,51,57-58,60-62,64-65,70,72,75-78,83-84,106,111H,14-15,18-19,21,24-25,27-46,48,50,52-56H2,1-10H3,(H2,94,98)(H,95,110)(H2,93,96,97)/b13-11+,16-12+,59-17+,63-47+/t58-,60-,61-,62-,64-,65+,70+,72+,75-,76+,77+,78-,83-,84+,92-/m1/s1. The Kier molecular flexibility index (Phi) is 39.6. The Balaban J connectivity index is 0.558. The van der Waals surface area contributed by atoms with E-state index in [1.807, 2.05) is 78.9 Å². The maximum atomic E-state index is 14.8. The minimum atomic E-state index is -2.48. The minimum Gasteiger partial charge on any atom is -0.460 e. The van der Waals surface area contributed by atoms with Gasteiger partial charge in [-0.15, -0.1) is 0 Å². The predicted octanol–water partition coefficient (Wildman–Crippen LogP) is 8.79. The quantitative estimate of drug-likeness (QED) is 0.0108. The van der Waals surface area contributed by atoms with Crippen molar-refractivity contribution in [1.82, 2.24) is 39.8 Å². The molecule has 10 rings (SSSR count). The van der Waals surface area contributed by atoms with E-state index in [9.17, 15) is 43.8 Å². The number of hydrogen-bond donors (Lipinski definition) is 5. The molecule has 0 radical (unpaired) electrons. The number of Topliss-reactive ketones (excluding diaryl/α,β-unsaturated/α-hetero) is 3. The number of amides is 3. The molecule has 5 aliphatic rings. The van der Waals surface area contributed by atoms with E-state index < -0.39 is 102 Å². The van der Waals surface area contributed by atoms with Crippen LogP contribution in [-0.2, 0) is 115 Å². The van der Waals surface area contributed by atoms with E-state index in [0.717, 1.165) is 22.3 Å². The van der Waals surface area contributed by atoms with Crippen LogP contribution in [0.2, 0.25) is 0 Å². The fraction of sp³-hybridized carbons (Fsp3) is 0.641. The van der Waals surface area contributed by atoms with Crippen molar-refractivity contribution in [2.75, 3.05) is 158 Å². The van der Waals surface area contributed by atoms with Crippen LogP contribution in [0.15, 0.2) is 94.7 Å². The van der Waals surface area contributed by atoms with Crippen LogP contribution in [0.25, 0.3) is 33.4 Å². The number of nitrogens with zero attached hydrogens (tertiary/aromatic N) is 7. The van der Waals surface area contributed by atoms with Crippen LogP contribution in [-0.4, -0.2) is 287 Å². The lowest BCUT2D eigenvalue weighted by Gasteiger charge is -2.42. The molecule has 34 heteroatoms. The fourth-order valence-corrected chi connectivity index (χ4v) is 17.0. The molecule has 2 aromatic carbocycles. The number of fused-ring (bicyclic) bond motifs is 6. The number of nitrogens with one attached hydrogen (secondary N) is 1. The van der Waals surface area contributed by atoms with Crippen LogP contribution in [0.3, 0.4) is 0 Å². The van der Waals surface area contributed by atoms with Crippen LogP contribution >= 0.6 is 0 Å². The zero-order chi connectivity index (χ0) is 90.2. The number of aliphatic hydroxyl groups excluding tert-OH is 1. The van der Waals surface area contributed by atoms with Gasteiger partial charge in [-0.1, -0.05) is 89.3 Å². The summed E-state index contributed by atoms with van der Waals surface area (Å²) in [4.78, 5) is 114. The Morgan fingerprint density at radius 2 is 1.40 bits per heavy atom. The normalized spacial score (nSPS) is 27.1. The molecule has 7 heterocycles. The number of ketones is 3. The van der Waals surface area contributed by atoms with E-state index in [-0.39, 0.29) is 87.5 Å². The van der Waals surface area contributed by atoms with Gasteiger partial charge in [0.25, 0.3) is 17.7 Å². The molecular formula is C92H132N10O24. The Morgan fingerprint density at radius 3 is 2.07 bits per heavy atom. The van der Waals surface area contributed by atoms with Gasteiger partial charge in [0.2, 0.25) is 11.7 Å². The summed E-state index contributed by atoms with van der Waals surface area (Å²) in [5, 5.41) is 32.1. The molecule has 4 aliphatic heterocycles. The number of oxazole rings is 1. The van der Waals surface area contributed by atoms with E-state index in [1.165, 1.54) is 23.9 Å². The Morgan fingerprint density at radius 1 is 0.714 bits per heavy atom. The number of allylic oxidation sites excluding steroid dienone is 6. The van der Waals surface area contributed by atoms with E-state index >= 15 is 0 Å². The van der Waals surface area contributed by atoms with Gasteiger partial charge in [-0.25, -0.2) is 24.2 Å². The van der Waals surface area contributed by atoms with Crippen LogP contribution in [0.1, 0.15) is 142 Å². The second-order valence-corrected chi connectivity index (χ2v) is 33.6. The summed E-state index contributed by atoms with van der Waals surface area (Å²) in [6, 6.07) is 10.6. The number of alkyl carbamates (subject to hydrolysis) is 1. The highest BCUT2D eigenvalue weighted by Crippen LogP contribution is 2.40. The summed E-state index contributed by atoms with van der Waals surface area (Å²) in [5.41, 5.74) is 19.8. The number of carbonyl (C=O) groups is 7. The molecule has 3 aromatic heterocycles. The number of rotatable bonds is 36. The van der Waals surface area contributed by atoms with E-state index in [1.54, 1.807) is 54.1 Å². The van der Waals surface area contributed by atoms with Crippen molar-refractivity contribution in [3.63, 3.8) is 0 Å². The third-order valence-electron chi connectivity index (χ3n) is 24.3. The number of hydrogen-bond acceptors (Lipinski definition) is 30. The van der Waals surface area contributed by atoms with Crippen LogP contribution in [0.4, 0.5) is 16.6 Å². The number of carbonyl (C=O) groups excluding carboxylic acids is 7. The molecule has 1 aliphatic carbocycles. The molecule has 0 unspecified atom stereocenters. The van der Waals surface area contributed by atoms with Gasteiger partial charge in [0.15, 0.2) is 17.0 Å². The van der Waals surface area contributed by atoms with Crippen LogP contribution in [0, 0.1) is 35.5 Å². The summed E-state index contributed by atoms with van der Waals surface area (Å²) < 4.78 is 88.2. The second-order valence-electron chi connectivity index (χ2n) is 33.6. The molecule has 15 atom stereocenters. The van der Waals surface area contributed by atoms with Crippen molar-refractivity contribution in [3.05, 3.63) is 107 Å². The predicted molar refractivity (Wildman–Crippen MR) is 466 cm³/mol. The number of aliphatic hydroxyl groups is 2. The maximum Gasteiger partial charge on any atom is 0.407 e. The lowest BCUT2D eigenvalue weighted by atomic mass is 9.78. The SMILES string of the molecule is CO[C@H]1C[C@@H]2CC[C@@H](C)[C@@](O)(O2)C(=O)C(=O)N2CCCC[C@H]2C(=O)O[C@H]([C@H](C)C[C@@H]2CC[C@@H](OC(=O)NCCOCCOCCOCCOCCOCCOCCOCCOCC(=O)N3CCc4cc(Cn5nc(-c6ccc7oc(N)nc7c6)c6c(N)ncnc65)ccc4C3)[C@H](OC)C2)CC(=O)[C@H](C)/C=C(\C)[C@@H](O)[C@@H](OC)C(=O)[C@H](C)C[C@H](C)/C=C/C=C/C=C/1C. The molecule has 126 heavy (non-hydrogen) atoms. The lowest BCUT2D eigenvalue weighted by Crippen LogP contribution is -2.61. The zero-order valence-electron chi connectivity index (χ0n) is 74.8. The number of ether oxygens (including phenoxy) is 14. The van der Waals surface area contributed by atoms with Crippen molar-refractivity contribution >= 4 is 75.2 Å². The van der Waals surface area contributed by atoms with Gasteiger partial charge in [-0.05, 0) is 148 Å². The largest absolute Gasteiger partial charge is 0.460 e. The first-order valence-electron chi connectivity index (χ1n) is 44.3. The number of cyclic esters (lactones) is 1. The summed E-state index contributed by atoms with van der Waals surface area (Å²) >= 11 is 0. The fourth-order valence-electron chi connectivity index (χ4n) is 17.0.